The monoisotopic (exact) mass is 303 g/mol. The summed E-state index contributed by atoms with van der Waals surface area (Å²) in [6, 6.07) is 11.0. The van der Waals surface area contributed by atoms with Gasteiger partial charge in [0.15, 0.2) is 0 Å². The van der Waals surface area contributed by atoms with Crippen LogP contribution in [0.1, 0.15) is 55.9 Å². The van der Waals surface area contributed by atoms with Gasteiger partial charge in [-0.1, -0.05) is 36.6 Å². The average molecular weight is 304 g/mol. The van der Waals surface area contributed by atoms with Crippen LogP contribution in [0.2, 0.25) is 5.02 Å². The molecule has 1 atom stereocenters. The number of aromatic nitrogens is 2. The number of nitrogens with zero attached hydrogens (tertiary/aromatic N) is 2. The van der Waals surface area contributed by atoms with E-state index >= 15 is 0 Å². The molecule has 0 bridgehead atoms. The number of halogens is 1. The van der Waals surface area contributed by atoms with E-state index in [4.69, 9.17) is 16.7 Å². The molecule has 1 N–H and O–H groups in total. The second kappa shape index (κ2) is 6.63. The fraction of sp³-hybridized carbons (Fsp3) is 0.471. The van der Waals surface area contributed by atoms with Gasteiger partial charge in [0.05, 0.1) is 11.7 Å². The molecule has 21 heavy (non-hydrogen) atoms. The molecule has 1 saturated carbocycles. The summed E-state index contributed by atoms with van der Waals surface area (Å²) in [5.74, 6) is 0. The van der Waals surface area contributed by atoms with Gasteiger partial charge < -0.3 is 5.32 Å². The molecule has 1 fully saturated rings. The third-order valence-corrected chi connectivity index (χ3v) is 4.57. The molecule has 1 aliphatic carbocycles. The number of hydrogen-bond acceptors (Lipinski definition) is 2. The lowest BCUT2D eigenvalue weighted by Gasteiger charge is -2.13. The van der Waals surface area contributed by atoms with E-state index in [0.717, 1.165) is 17.3 Å². The first-order chi connectivity index (χ1) is 10.2. The summed E-state index contributed by atoms with van der Waals surface area (Å²) in [6.07, 6.45) is 7.35. The van der Waals surface area contributed by atoms with Gasteiger partial charge in [-0.05, 0) is 43.5 Å². The summed E-state index contributed by atoms with van der Waals surface area (Å²) in [4.78, 5) is 0. The molecular formula is C17H22ClN3. The summed E-state index contributed by atoms with van der Waals surface area (Å²) in [5.41, 5.74) is 2.36. The Morgan fingerprint density at radius 3 is 2.67 bits per heavy atom. The summed E-state index contributed by atoms with van der Waals surface area (Å²) in [5, 5.41) is 9.00. The predicted octanol–water partition coefficient (Wildman–Crippen LogP) is 4.50. The van der Waals surface area contributed by atoms with Crippen molar-refractivity contribution in [3.8, 4) is 0 Å². The quantitative estimate of drug-likeness (QED) is 0.881. The molecule has 1 heterocycles. The van der Waals surface area contributed by atoms with Gasteiger partial charge in [-0.2, -0.15) is 5.10 Å². The van der Waals surface area contributed by atoms with Crippen LogP contribution in [0.25, 0.3) is 0 Å². The van der Waals surface area contributed by atoms with Crippen LogP contribution in [0.15, 0.2) is 36.5 Å². The molecule has 1 aliphatic rings. The third kappa shape index (κ3) is 3.66. The number of nitrogens with one attached hydrogen (secondary N) is 1. The standard InChI is InChI=1S/C17H22ClN3/c1-13(14-6-8-15(18)9-7-14)19-12-16-10-11-21(20-16)17-4-2-3-5-17/h6-11,13,17,19H,2-5,12H2,1H3/t13-/m0/s1. The van der Waals surface area contributed by atoms with Gasteiger partial charge in [-0.3, -0.25) is 4.68 Å². The molecule has 4 heteroatoms. The average Bonchev–Trinajstić information content (AvgIpc) is 3.16. The van der Waals surface area contributed by atoms with Crippen molar-refractivity contribution in [2.45, 2.75) is 51.2 Å². The maximum Gasteiger partial charge on any atom is 0.0762 e. The molecule has 1 aromatic carbocycles. The summed E-state index contributed by atoms with van der Waals surface area (Å²) >= 11 is 5.92. The van der Waals surface area contributed by atoms with Gasteiger partial charge in [0.2, 0.25) is 0 Å². The minimum absolute atomic E-state index is 0.291. The van der Waals surface area contributed by atoms with Gasteiger partial charge in [0.25, 0.3) is 0 Å². The highest BCUT2D eigenvalue weighted by molar-refractivity contribution is 6.30. The van der Waals surface area contributed by atoms with Gasteiger partial charge in [-0.25, -0.2) is 0 Å². The van der Waals surface area contributed by atoms with E-state index in [-0.39, 0.29) is 0 Å². The van der Waals surface area contributed by atoms with Crippen molar-refractivity contribution < 1.29 is 0 Å². The lowest BCUT2D eigenvalue weighted by molar-refractivity contribution is 0.458. The molecule has 0 radical (unpaired) electrons. The number of hydrogen-bond donors (Lipinski definition) is 1. The zero-order valence-corrected chi connectivity index (χ0v) is 13.2. The first-order valence-corrected chi connectivity index (χ1v) is 8.13. The molecule has 0 aliphatic heterocycles. The fourth-order valence-corrected chi connectivity index (χ4v) is 3.10. The van der Waals surface area contributed by atoms with Crippen LogP contribution in [0, 0.1) is 0 Å². The van der Waals surface area contributed by atoms with Crippen LogP contribution in [0.3, 0.4) is 0 Å². The second-order valence-corrected chi connectivity index (χ2v) is 6.32. The van der Waals surface area contributed by atoms with E-state index in [1.165, 1.54) is 31.2 Å². The van der Waals surface area contributed by atoms with Crippen molar-refractivity contribution in [3.63, 3.8) is 0 Å². The van der Waals surface area contributed by atoms with Crippen LogP contribution in [0.4, 0.5) is 0 Å². The van der Waals surface area contributed by atoms with E-state index in [2.05, 4.69) is 41.3 Å². The lowest BCUT2D eigenvalue weighted by Crippen LogP contribution is -2.18. The highest BCUT2D eigenvalue weighted by Gasteiger charge is 2.17. The lowest BCUT2D eigenvalue weighted by atomic mass is 10.1. The predicted molar refractivity (Wildman–Crippen MR) is 86.4 cm³/mol. The van der Waals surface area contributed by atoms with Crippen LogP contribution in [-0.2, 0) is 6.54 Å². The van der Waals surface area contributed by atoms with Crippen molar-refractivity contribution in [2.24, 2.45) is 0 Å². The summed E-state index contributed by atoms with van der Waals surface area (Å²) in [7, 11) is 0. The highest BCUT2D eigenvalue weighted by atomic mass is 35.5. The Morgan fingerprint density at radius 1 is 1.24 bits per heavy atom. The first kappa shape index (κ1) is 14.6. The summed E-state index contributed by atoms with van der Waals surface area (Å²) < 4.78 is 2.15. The molecule has 3 rings (SSSR count). The van der Waals surface area contributed by atoms with Crippen LogP contribution < -0.4 is 5.32 Å². The molecule has 1 aromatic heterocycles. The molecular weight excluding hydrogens is 282 g/mol. The van der Waals surface area contributed by atoms with Crippen LogP contribution >= 0.6 is 11.6 Å². The second-order valence-electron chi connectivity index (χ2n) is 5.88. The zero-order valence-electron chi connectivity index (χ0n) is 12.4. The van der Waals surface area contributed by atoms with Crippen LogP contribution in [0.5, 0.6) is 0 Å². The first-order valence-electron chi connectivity index (χ1n) is 7.75. The molecule has 0 spiro atoms. The normalized spacial score (nSPS) is 17.2. The van der Waals surface area contributed by atoms with Gasteiger partial charge in [0, 0.05) is 23.8 Å². The smallest absolute Gasteiger partial charge is 0.0762 e. The fourth-order valence-electron chi connectivity index (χ4n) is 2.97. The Balaban J connectivity index is 1.56. The molecule has 0 saturated heterocycles. The molecule has 0 amide bonds. The van der Waals surface area contributed by atoms with Crippen molar-refractivity contribution in [1.82, 2.24) is 15.1 Å². The van der Waals surface area contributed by atoms with E-state index in [1.807, 2.05) is 12.1 Å². The Morgan fingerprint density at radius 2 is 1.95 bits per heavy atom. The SMILES string of the molecule is C[C@H](NCc1ccn(C2CCCC2)n1)c1ccc(Cl)cc1. The number of rotatable bonds is 5. The number of benzene rings is 1. The largest absolute Gasteiger partial charge is 0.304 e. The minimum Gasteiger partial charge on any atom is -0.304 e. The van der Waals surface area contributed by atoms with E-state index in [1.54, 1.807) is 0 Å². The van der Waals surface area contributed by atoms with Crippen molar-refractivity contribution in [2.75, 3.05) is 0 Å². The Labute approximate surface area is 131 Å². The maximum atomic E-state index is 5.92. The van der Waals surface area contributed by atoms with E-state index in [9.17, 15) is 0 Å². The third-order valence-electron chi connectivity index (χ3n) is 4.32. The van der Waals surface area contributed by atoms with Gasteiger partial charge >= 0.3 is 0 Å². The molecule has 0 unspecified atom stereocenters. The van der Waals surface area contributed by atoms with Crippen LogP contribution in [-0.4, -0.2) is 9.78 Å². The maximum absolute atomic E-state index is 5.92. The molecule has 3 nitrogen and oxygen atoms in total. The Hall–Kier alpha value is -1.32. The molecule has 2 aromatic rings. The Kier molecular flexibility index (Phi) is 4.61. The summed E-state index contributed by atoms with van der Waals surface area (Å²) in [6.45, 7) is 2.96. The van der Waals surface area contributed by atoms with Crippen molar-refractivity contribution >= 4 is 11.6 Å². The molecule has 112 valence electrons. The minimum atomic E-state index is 0.291. The van der Waals surface area contributed by atoms with Gasteiger partial charge in [-0.15, -0.1) is 0 Å². The van der Waals surface area contributed by atoms with Crippen molar-refractivity contribution in [3.05, 3.63) is 52.8 Å². The highest BCUT2D eigenvalue weighted by Crippen LogP contribution is 2.28. The Bertz CT molecular complexity index is 570. The van der Waals surface area contributed by atoms with E-state index < -0.39 is 0 Å². The topological polar surface area (TPSA) is 29.9 Å². The van der Waals surface area contributed by atoms with Gasteiger partial charge in [0.1, 0.15) is 0 Å². The zero-order chi connectivity index (χ0) is 14.7. The van der Waals surface area contributed by atoms with E-state index in [0.29, 0.717) is 12.1 Å². The van der Waals surface area contributed by atoms with Crippen molar-refractivity contribution in [1.29, 1.82) is 0 Å².